The van der Waals surface area contributed by atoms with Gasteiger partial charge in [-0.3, -0.25) is 9.59 Å². The summed E-state index contributed by atoms with van der Waals surface area (Å²) in [5, 5.41) is 3.65. The zero-order chi connectivity index (χ0) is 20.2. The predicted octanol–water partition coefficient (Wildman–Crippen LogP) is 4.22. The van der Waals surface area contributed by atoms with Gasteiger partial charge in [-0.15, -0.1) is 11.3 Å². The monoisotopic (exact) mass is 411 g/mol. The van der Waals surface area contributed by atoms with E-state index in [0.717, 1.165) is 35.9 Å². The molecule has 3 aromatic rings. The second-order valence-corrected chi connectivity index (χ2v) is 8.38. The Morgan fingerprint density at radius 2 is 2.10 bits per heavy atom. The first-order chi connectivity index (χ1) is 14.2. The molecular formula is C22H25N3O3S. The topological polar surface area (TPSA) is 84.1 Å². The number of thiophene rings is 1. The number of anilines is 1. The van der Waals surface area contributed by atoms with Gasteiger partial charge < -0.3 is 15.0 Å². The maximum absolute atomic E-state index is 12.6. The Morgan fingerprint density at radius 3 is 2.97 bits per heavy atom. The number of rotatable bonds is 7. The molecule has 0 saturated heterocycles. The molecule has 29 heavy (non-hydrogen) atoms. The average molecular weight is 412 g/mol. The minimum absolute atomic E-state index is 0.0804. The third kappa shape index (κ3) is 4.34. The highest BCUT2D eigenvalue weighted by molar-refractivity contribution is 7.18. The molecule has 0 fully saturated rings. The molecule has 0 spiro atoms. The summed E-state index contributed by atoms with van der Waals surface area (Å²) >= 11 is 1.63. The van der Waals surface area contributed by atoms with Gasteiger partial charge in [0.2, 0.25) is 5.91 Å². The highest BCUT2D eigenvalue weighted by Crippen LogP contribution is 2.33. The van der Waals surface area contributed by atoms with E-state index in [9.17, 15) is 9.59 Å². The highest BCUT2D eigenvalue weighted by atomic mass is 32.1. The first kappa shape index (κ1) is 19.6. The van der Waals surface area contributed by atoms with Crippen molar-refractivity contribution in [1.82, 2.24) is 9.97 Å². The summed E-state index contributed by atoms with van der Waals surface area (Å²) < 4.78 is 5.68. The number of H-pyrrole nitrogens is 1. The highest BCUT2D eigenvalue weighted by Gasteiger charge is 2.20. The van der Waals surface area contributed by atoms with Crippen molar-refractivity contribution < 1.29 is 9.53 Å². The number of hydrogen-bond acceptors (Lipinski definition) is 5. The van der Waals surface area contributed by atoms with Crippen molar-refractivity contribution in [2.24, 2.45) is 0 Å². The summed E-state index contributed by atoms with van der Waals surface area (Å²) in [5.41, 5.74) is 1.76. The smallest absolute Gasteiger partial charge is 0.259 e. The molecule has 0 radical (unpaired) electrons. The molecule has 0 bridgehead atoms. The van der Waals surface area contributed by atoms with Crippen molar-refractivity contribution in [3.8, 4) is 5.75 Å². The number of benzene rings is 1. The second-order valence-electron chi connectivity index (χ2n) is 7.30. The van der Waals surface area contributed by atoms with Crippen LogP contribution >= 0.6 is 11.3 Å². The molecule has 2 heterocycles. The first-order valence-electron chi connectivity index (χ1n) is 10.2. The standard InChI is InChI=1S/C22H25N3O3S/c1-2-13-28-16-9-5-4-8-15(16)23-19(26)12-11-18-24-21(27)20-14-7-3-6-10-17(14)29-22(20)25-18/h4-5,8-9H,2-3,6-7,10-13H2,1H3,(H,23,26)(H,24,25,27). The van der Waals surface area contributed by atoms with Crippen molar-refractivity contribution in [1.29, 1.82) is 0 Å². The molecule has 1 aromatic carbocycles. The van der Waals surface area contributed by atoms with Crippen LogP contribution < -0.4 is 15.6 Å². The van der Waals surface area contributed by atoms with E-state index in [0.29, 0.717) is 30.3 Å². The Balaban J connectivity index is 1.45. The van der Waals surface area contributed by atoms with Gasteiger partial charge >= 0.3 is 0 Å². The van der Waals surface area contributed by atoms with E-state index in [4.69, 9.17) is 4.74 Å². The number of aryl methyl sites for hydroxylation is 3. The molecule has 1 aliphatic carbocycles. The van der Waals surface area contributed by atoms with Crippen molar-refractivity contribution in [3.05, 3.63) is 50.9 Å². The summed E-state index contributed by atoms with van der Waals surface area (Å²) in [6, 6.07) is 7.41. The molecule has 2 N–H and O–H groups in total. The molecule has 1 amide bonds. The van der Waals surface area contributed by atoms with E-state index < -0.39 is 0 Å². The van der Waals surface area contributed by atoms with Crippen LogP contribution in [0.3, 0.4) is 0 Å². The number of aromatic amines is 1. The van der Waals surface area contributed by atoms with E-state index in [1.807, 2.05) is 31.2 Å². The Labute approximate surface area is 173 Å². The first-order valence-corrected chi connectivity index (χ1v) is 11.0. The fourth-order valence-electron chi connectivity index (χ4n) is 3.68. The van der Waals surface area contributed by atoms with Crippen molar-refractivity contribution in [2.75, 3.05) is 11.9 Å². The zero-order valence-corrected chi connectivity index (χ0v) is 17.4. The molecule has 2 aromatic heterocycles. The molecule has 0 unspecified atom stereocenters. The van der Waals surface area contributed by atoms with Gasteiger partial charge in [-0.25, -0.2) is 4.98 Å². The number of nitrogens with zero attached hydrogens (tertiary/aromatic N) is 1. The van der Waals surface area contributed by atoms with Crippen LogP contribution in [-0.4, -0.2) is 22.5 Å². The van der Waals surface area contributed by atoms with Crippen LogP contribution in [0.4, 0.5) is 5.69 Å². The van der Waals surface area contributed by atoms with Crippen LogP contribution in [0.2, 0.25) is 0 Å². The van der Waals surface area contributed by atoms with Crippen LogP contribution in [-0.2, 0) is 24.1 Å². The average Bonchev–Trinajstić information content (AvgIpc) is 3.10. The molecule has 152 valence electrons. The zero-order valence-electron chi connectivity index (χ0n) is 16.5. The van der Waals surface area contributed by atoms with E-state index in [-0.39, 0.29) is 17.9 Å². The molecular weight excluding hydrogens is 386 g/mol. The summed E-state index contributed by atoms with van der Waals surface area (Å²) in [6.07, 6.45) is 5.82. The largest absolute Gasteiger partial charge is 0.491 e. The molecule has 6 nitrogen and oxygen atoms in total. The van der Waals surface area contributed by atoms with Crippen LogP contribution in [0.15, 0.2) is 29.1 Å². The van der Waals surface area contributed by atoms with Crippen LogP contribution in [0.25, 0.3) is 10.2 Å². The van der Waals surface area contributed by atoms with Crippen LogP contribution in [0, 0.1) is 0 Å². The fourth-order valence-corrected chi connectivity index (χ4v) is 4.96. The van der Waals surface area contributed by atoms with Crippen LogP contribution in [0.1, 0.15) is 48.9 Å². The van der Waals surface area contributed by atoms with Gasteiger partial charge in [0.25, 0.3) is 5.56 Å². The Bertz CT molecular complexity index is 1090. The molecule has 4 rings (SSSR count). The van der Waals surface area contributed by atoms with Gasteiger partial charge in [-0.1, -0.05) is 19.1 Å². The van der Waals surface area contributed by atoms with Gasteiger partial charge in [0.1, 0.15) is 16.4 Å². The molecule has 0 aliphatic heterocycles. The minimum atomic E-state index is -0.134. The number of para-hydroxylation sites is 2. The lowest BCUT2D eigenvalue weighted by molar-refractivity contribution is -0.116. The summed E-state index contributed by atoms with van der Waals surface area (Å²) in [6.45, 7) is 2.64. The lowest BCUT2D eigenvalue weighted by atomic mass is 9.97. The summed E-state index contributed by atoms with van der Waals surface area (Å²) in [5.74, 6) is 1.09. The number of ether oxygens (including phenoxy) is 1. The minimum Gasteiger partial charge on any atom is -0.491 e. The lowest BCUT2D eigenvalue weighted by Crippen LogP contribution is -2.17. The number of hydrogen-bond donors (Lipinski definition) is 2. The van der Waals surface area contributed by atoms with Crippen molar-refractivity contribution in [3.63, 3.8) is 0 Å². The normalized spacial score (nSPS) is 13.3. The lowest BCUT2D eigenvalue weighted by Gasteiger charge is -2.11. The third-order valence-electron chi connectivity index (χ3n) is 5.09. The number of carbonyl (C=O) groups excluding carboxylic acids is 1. The third-order valence-corrected chi connectivity index (χ3v) is 6.27. The van der Waals surface area contributed by atoms with Gasteiger partial charge in [-0.05, 0) is 49.8 Å². The maximum Gasteiger partial charge on any atom is 0.259 e. The summed E-state index contributed by atoms with van der Waals surface area (Å²) in [7, 11) is 0. The Morgan fingerprint density at radius 1 is 1.28 bits per heavy atom. The quantitative estimate of drug-likeness (QED) is 0.610. The number of aromatic nitrogens is 2. The molecule has 1 aliphatic rings. The number of nitrogens with one attached hydrogen (secondary N) is 2. The van der Waals surface area contributed by atoms with E-state index in [2.05, 4.69) is 15.3 Å². The fraction of sp³-hybridized carbons (Fsp3) is 0.409. The number of carbonyl (C=O) groups is 1. The van der Waals surface area contributed by atoms with Crippen molar-refractivity contribution in [2.45, 2.75) is 51.9 Å². The van der Waals surface area contributed by atoms with Crippen LogP contribution in [0.5, 0.6) is 5.75 Å². The SMILES string of the molecule is CCCOc1ccccc1NC(=O)CCc1nc2sc3c(c2c(=O)[nH]1)CCCC3. The van der Waals surface area contributed by atoms with Crippen molar-refractivity contribution >= 4 is 33.1 Å². The van der Waals surface area contributed by atoms with Gasteiger partial charge in [0.15, 0.2) is 0 Å². The van der Waals surface area contributed by atoms with Gasteiger partial charge in [0.05, 0.1) is 17.7 Å². The maximum atomic E-state index is 12.6. The van der Waals surface area contributed by atoms with E-state index in [1.165, 1.54) is 16.9 Å². The molecule has 7 heteroatoms. The van der Waals surface area contributed by atoms with Gasteiger partial charge in [0, 0.05) is 17.7 Å². The number of fused-ring (bicyclic) bond motifs is 3. The molecule has 0 saturated carbocycles. The van der Waals surface area contributed by atoms with E-state index >= 15 is 0 Å². The second kappa shape index (κ2) is 8.78. The number of amides is 1. The Hall–Kier alpha value is -2.67. The van der Waals surface area contributed by atoms with E-state index in [1.54, 1.807) is 11.3 Å². The Kier molecular flexibility index (Phi) is 5.94. The van der Waals surface area contributed by atoms with Gasteiger partial charge in [-0.2, -0.15) is 0 Å². The molecule has 0 atom stereocenters. The predicted molar refractivity (Wildman–Crippen MR) is 116 cm³/mol. The summed E-state index contributed by atoms with van der Waals surface area (Å²) in [4.78, 5) is 34.7.